The average Bonchev–Trinajstić information content (AvgIpc) is 2.75. The Labute approximate surface area is 127 Å². The molecular weight excluding hydrogens is 288 g/mol. The number of β-amino-alcohol motifs (C(OH)–C–C–N with tert-alkyl or cyclic N) is 1. The number of aliphatic hydroxyl groups is 1. The van der Waals surface area contributed by atoms with Crippen molar-refractivity contribution in [2.75, 3.05) is 25.6 Å². The van der Waals surface area contributed by atoms with E-state index in [2.05, 4.69) is 10.1 Å². The molecule has 1 aliphatic heterocycles. The largest absolute Gasteiger partial charge is 0.465 e. The van der Waals surface area contributed by atoms with Gasteiger partial charge < -0.3 is 15.2 Å². The third kappa shape index (κ3) is 2.99. The maximum Gasteiger partial charge on any atom is 0.338 e. The van der Waals surface area contributed by atoms with Crippen molar-refractivity contribution in [3.8, 4) is 0 Å². The number of hydrogen-bond acceptors (Lipinski definition) is 6. The van der Waals surface area contributed by atoms with Gasteiger partial charge in [-0.3, -0.25) is 14.5 Å². The first-order valence-electron chi connectivity index (χ1n) is 6.62. The summed E-state index contributed by atoms with van der Waals surface area (Å²) >= 11 is 0. The number of carbonyl (C=O) groups is 3. The molecule has 0 aromatic heterocycles. The van der Waals surface area contributed by atoms with Gasteiger partial charge in [0, 0.05) is 11.8 Å². The van der Waals surface area contributed by atoms with E-state index in [9.17, 15) is 14.4 Å². The van der Waals surface area contributed by atoms with Crippen LogP contribution in [-0.4, -0.2) is 48.1 Å². The van der Waals surface area contributed by atoms with Crippen LogP contribution in [0.1, 0.15) is 15.9 Å². The van der Waals surface area contributed by atoms with Gasteiger partial charge in [-0.15, -0.1) is 0 Å². The average molecular weight is 304 g/mol. The molecule has 2 amide bonds. The zero-order valence-electron chi connectivity index (χ0n) is 12.3. The summed E-state index contributed by atoms with van der Waals surface area (Å²) in [7, 11) is 1.30. The summed E-state index contributed by atoms with van der Waals surface area (Å²) in [5.41, 5.74) is 1.81. The van der Waals surface area contributed by atoms with E-state index in [4.69, 9.17) is 5.11 Å². The molecule has 22 heavy (non-hydrogen) atoms. The van der Waals surface area contributed by atoms with Gasteiger partial charge in [-0.1, -0.05) is 0 Å². The molecule has 1 aromatic carbocycles. The summed E-state index contributed by atoms with van der Waals surface area (Å²) < 4.78 is 4.66. The van der Waals surface area contributed by atoms with Gasteiger partial charge in [-0.05, 0) is 30.7 Å². The lowest BCUT2D eigenvalue weighted by atomic mass is 10.1. The fraction of sp³-hybridized carbons (Fsp3) is 0.267. The number of amides is 2. The summed E-state index contributed by atoms with van der Waals surface area (Å²) in [6, 6.07) is 4.88. The molecule has 1 aromatic rings. The second kappa shape index (κ2) is 6.40. The lowest BCUT2D eigenvalue weighted by Crippen LogP contribution is -2.34. The number of aryl methyl sites for hydroxylation is 1. The first-order chi connectivity index (χ1) is 10.5. The normalized spacial score (nSPS) is 14.1. The number of methoxy groups -OCH3 is 1. The number of rotatable bonds is 5. The first kappa shape index (κ1) is 15.7. The van der Waals surface area contributed by atoms with E-state index in [1.165, 1.54) is 13.2 Å². The molecule has 1 aliphatic rings. The lowest BCUT2D eigenvalue weighted by Gasteiger charge is -2.14. The van der Waals surface area contributed by atoms with Gasteiger partial charge in [-0.25, -0.2) is 4.79 Å². The van der Waals surface area contributed by atoms with Gasteiger partial charge in [0.05, 0.1) is 25.8 Å². The molecule has 2 N–H and O–H groups in total. The third-order valence-corrected chi connectivity index (χ3v) is 3.24. The number of imide groups is 1. The number of ether oxygens (including phenoxy) is 1. The summed E-state index contributed by atoms with van der Waals surface area (Å²) in [5, 5.41) is 11.7. The Morgan fingerprint density at radius 1 is 1.36 bits per heavy atom. The fourth-order valence-corrected chi connectivity index (χ4v) is 2.15. The zero-order chi connectivity index (χ0) is 16.3. The Balaban J connectivity index is 2.17. The predicted molar refractivity (Wildman–Crippen MR) is 78.0 cm³/mol. The number of carbonyl (C=O) groups excluding carboxylic acids is 3. The van der Waals surface area contributed by atoms with E-state index in [-0.39, 0.29) is 18.8 Å². The van der Waals surface area contributed by atoms with Crippen LogP contribution in [0.3, 0.4) is 0 Å². The van der Waals surface area contributed by atoms with Crippen molar-refractivity contribution in [2.24, 2.45) is 0 Å². The SMILES string of the molecule is COC(=O)c1ccc(NC2=CC(=O)N(CCO)C2=O)cc1C. The molecule has 7 heteroatoms. The highest BCUT2D eigenvalue weighted by molar-refractivity contribution is 6.17. The Morgan fingerprint density at radius 3 is 2.68 bits per heavy atom. The molecule has 0 unspecified atom stereocenters. The Hall–Kier alpha value is -2.67. The van der Waals surface area contributed by atoms with Gasteiger partial charge in [0.25, 0.3) is 11.8 Å². The standard InChI is InChI=1S/C15H16N2O5/c1-9-7-10(3-4-11(9)15(21)22-2)16-12-8-13(19)17(5-6-18)14(12)20/h3-4,7-8,16,18H,5-6H2,1-2H3. The molecule has 0 saturated carbocycles. The van der Waals surface area contributed by atoms with Crippen molar-refractivity contribution in [3.63, 3.8) is 0 Å². The highest BCUT2D eigenvalue weighted by Gasteiger charge is 2.30. The van der Waals surface area contributed by atoms with Crippen LogP contribution >= 0.6 is 0 Å². The highest BCUT2D eigenvalue weighted by Crippen LogP contribution is 2.20. The highest BCUT2D eigenvalue weighted by atomic mass is 16.5. The van der Waals surface area contributed by atoms with Crippen molar-refractivity contribution in [3.05, 3.63) is 41.1 Å². The number of nitrogens with zero attached hydrogens (tertiary/aromatic N) is 1. The molecular formula is C15H16N2O5. The van der Waals surface area contributed by atoms with Gasteiger partial charge in [0.15, 0.2) is 0 Å². The van der Waals surface area contributed by atoms with Crippen LogP contribution in [-0.2, 0) is 14.3 Å². The quantitative estimate of drug-likeness (QED) is 0.605. The molecule has 0 atom stereocenters. The number of hydrogen-bond donors (Lipinski definition) is 2. The van der Waals surface area contributed by atoms with E-state index in [1.54, 1.807) is 25.1 Å². The van der Waals surface area contributed by atoms with Crippen LogP contribution in [0, 0.1) is 6.92 Å². The minimum atomic E-state index is -0.492. The molecule has 0 saturated heterocycles. The Morgan fingerprint density at radius 2 is 2.09 bits per heavy atom. The molecule has 0 bridgehead atoms. The molecule has 7 nitrogen and oxygen atoms in total. The lowest BCUT2D eigenvalue weighted by molar-refractivity contribution is -0.137. The van der Waals surface area contributed by atoms with Crippen LogP contribution in [0.4, 0.5) is 5.69 Å². The second-order valence-corrected chi connectivity index (χ2v) is 4.72. The first-order valence-corrected chi connectivity index (χ1v) is 6.62. The van der Waals surface area contributed by atoms with Gasteiger partial charge >= 0.3 is 5.97 Å². The van der Waals surface area contributed by atoms with Crippen LogP contribution in [0.5, 0.6) is 0 Å². The van der Waals surface area contributed by atoms with Crippen molar-refractivity contribution in [1.29, 1.82) is 0 Å². The minimum Gasteiger partial charge on any atom is -0.465 e. The van der Waals surface area contributed by atoms with Gasteiger partial charge in [0.1, 0.15) is 5.70 Å². The van der Waals surface area contributed by atoms with E-state index in [0.29, 0.717) is 16.8 Å². The number of benzene rings is 1. The number of aliphatic hydroxyl groups excluding tert-OH is 1. The third-order valence-electron chi connectivity index (χ3n) is 3.24. The van der Waals surface area contributed by atoms with E-state index in [1.807, 2.05) is 0 Å². The van der Waals surface area contributed by atoms with Crippen molar-refractivity contribution >= 4 is 23.5 Å². The minimum absolute atomic E-state index is 0.0420. The van der Waals surface area contributed by atoms with Crippen LogP contribution in [0.15, 0.2) is 30.0 Å². The fourth-order valence-electron chi connectivity index (χ4n) is 2.15. The predicted octanol–water partition coefficient (Wildman–Crippen LogP) is 0.439. The monoisotopic (exact) mass is 304 g/mol. The van der Waals surface area contributed by atoms with Gasteiger partial charge in [-0.2, -0.15) is 0 Å². The number of anilines is 1. The van der Waals surface area contributed by atoms with Crippen LogP contribution in [0.2, 0.25) is 0 Å². The molecule has 0 aliphatic carbocycles. The molecule has 2 rings (SSSR count). The number of esters is 1. The summed E-state index contributed by atoms with van der Waals surface area (Å²) in [4.78, 5) is 36.1. The van der Waals surface area contributed by atoms with E-state index in [0.717, 1.165) is 4.90 Å². The van der Waals surface area contributed by atoms with Crippen molar-refractivity contribution in [1.82, 2.24) is 4.90 Å². The van der Waals surface area contributed by atoms with Crippen molar-refractivity contribution in [2.45, 2.75) is 6.92 Å². The van der Waals surface area contributed by atoms with Crippen LogP contribution in [0.25, 0.3) is 0 Å². The van der Waals surface area contributed by atoms with E-state index < -0.39 is 17.8 Å². The molecule has 0 radical (unpaired) electrons. The Kier molecular flexibility index (Phi) is 4.57. The maximum atomic E-state index is 12.0. The summed E-state index contributed by atoms with van der Waals surface area (Å²) in [6.07, 6.45) is 1.18. The number of nitrogens with one attached hydrogen (secondary N) is 1. The van der Waals surface area contributed by atoms with Crippen molar-refractivity contribution < 1.29 is 24.2 Å². The summed E-state index contributed by atoms with van der Waals surface area (Å²) in [5.74, 6) is -1.40. The maximum absolute atomic E-state index is 12.0. The topological polar surface area (TPSA) is 95.9 Å². The molecule has 0 fully saturated rings. The molecule has 0 spiro atoms. The zero-order valence-corrected chi connectivity index (χ0v) is 12.3. The Bertz CT molecular complexity index is 666. The second-order valence-electron chi connectivity index (χ2n) is 4.72. The molecule has 1 heterocycles. The van der Waals surface area contributed by atoms with Gasteiger partial charge in [0.2, 0.25) is 0 Å². The smallest absolute Gasteiger partial charge is 0.338 e. The molecule has 116 valence electrons. The van der Waals surface area contributed by atoms with E-state index >= 15 is 0 Å². The van der Waals surface area contributed by atoms with Crippen LogP contribution < -0.4 is 5.32 Å². The summed E-state index contributed by atoms with van der Waals surface area (Å²) in [6.45, 7) is 1.41.